The lowest BCUT2D eigenvalue weighted by Crippen LogP contribution is -2.12. The first-order valence-corrected chi connectivity index (χ1v) is 7.32. The molecule has 20 heavy (non-hydrogen) atoms. The molecule has 1 aromatic heterocycles. The summed E-state index contributed by atoms with van der Waals surface area (Å²) in [5.41, 5.74) is 3.44. The normalized spacial score (nSPS) is 10.3. The van der Waals surface area contributed by atoms with Crippen molar-refractivity contribution in [2.75, 3.05) is 23.5 Å². The van der Waals surface area contributed by atoms with Gasteiger partial charge in [-0.15, -0.1) is 0 Å². The highest BCUT2D eigenvalue weighted by atomic mass is 32.2. The van der Waals surface area contributed by atoms with Crippen LogP contribution in [-0.4, -0.2) is 22.8 Å². The molecule has 0 atom stereocenters. The first kappa shape index (κ1) is 14.5. The summed E-state index contributed by atoms with van der Waals surface area (Å²) in [6.07, 6.45) is 2.61. The number of hydrazine groups is 1. The molecule has 0 unspecified atom stereocenters. The van der Waals surface area contributed by atoms with E-state index >= 15 is 0 Å². The Morgan fingerprint density at radius 2 is 2.05 bits per heavy atom. The van der Waals surface area contributed by atoms with Crippen molar-refractivity contribution in [3.63, 3.8) is 0 Å². The number of hydrogen-bond donors (Lipinski definition) is 3. The fourth-order valence-electron chi connectivity index (χ4n) is 1.71. The smallest absolute Gasteiger partial charge is 0.191 e. The molecule has 7 heteroatoms. The van der Waals surface area contributed by atoms with Crippen LogP contribution in [0.5, 0.6) is 0 Å². The molecule has 0 spiro atoms. The Bertz CT molecular complexity index is 556. The SMILES string of the molecule is CSc1nc(NN)cc(NCCc2cccc(F)c2)n1. The second-order valence-electron chi connectivity index (χ2n) is 4.08. The third-order valence-electron chi connectivity index (χ3n) is 2.64. The zero-order chi connectivity index (χ0) is 14.4. The molecular weight excluding hydrogens is 277 g/mol. The van der Waals surface area contributed by atoms with Crippen LogP contribution in [0.1, 0.15) is 5.56 Å². The van der Waals surface area contributed by atoms with Crippen LogP contribution in [0.25, 0.3) is 0 Å². The van der Waals surface area contributed by atoms with E-state index in [4.69, 9.17) is 5.84 Å². The second kappa shape index (κ2) is 7.06. The number of halogens is 1. The molecule has 0 saturated carbocycles. The van der Waals surface area contributed by atoms with Crippen LogP contribution in [0, 0.1) is 5.82 Å². The van der Waals surface area contributed by atoms with E-state index in [1.165, 1.54) is 23.9 Å². The van der Waals surface area contributed by atoms with Crippen molar-refractivity contribution in [3.8, 4) is 0 Å². The van der Waals surface area contributed by atoms with Gasteiger partial charge in [-0.3, -0.25) is 0 Å². The van der Waals surface area contributed by atoms with Gasteiger partial charge in [-0.05, 0) is 30.4 Å². The number of nitrogens with two attached hydrogens (primary N) is 1. The summed E-state index contributed by atoms with van der Waals surface area (Å²) in [5.74, 6) is 6.38. The Morgan fingerprint density at radius 3 is 2.75 bits per heavy atom. The maximum absolute atomic E-state index is 13.0. The van der Waals surface area contributed by atoms with E-state index in [2.05, 4.69) is 20.7 Å². The van der Waals surface area contributed by atoms with Gasteiger partial charge in [-0.2, -0.15) is 0 Å². The summed E-state index contributed by atoms with van der Waals surface area (Å²) in [7, 11) is 0. The molecule has 0 saturated heterocycles. The summed E-state index contributed by atoms with van der Waals surface area (Å²) in [6, 6.07) is 8.29. The zero-order valence-electron chi connectivity index (χ0n) is 11.1. The molecule has 106 valence electrons. The third-order valence-corrected chi connectivity index (χ3v) is 3.19. The summed E-state index contributed by atoms with van der Waals surface area (Å²) in [4.78, 5) is 8.49. The predicted molar refractivity (Wildman–Crippen MR) is 80.2 cm³/mol. The van der Waals surface area contributed by atoms with Gasteiger partial charge < -0.3 is 10.7 Å². The van der Waals surface area contributed by atoms with E-state index in [-0.39, 0.29) is 5.82 Å². The number of hydrogen-bond acceptors (Lipinski definition) is 6. The van der Waals surface area contributed by atoms with E-state index in [0.717, 1.165) is 5.56 Å². The van der Waals surface area contributed by atoms with Gasteiger partial charge in [0.1, 0.15) is 17.5 Å². The average molecular weight is 293 g/mol. The molecule has 2 rings (SSSR count). The van der Waals surface area contributed by atoms with Crippen molar-refractivity contribution in [3.05, 3.63) is 41.7 Å². The van der Waals surface area contributed by atoms with Crippen molar-refractivity contribution in [2.24, 2.45) is 5.84 Å². The minimum atomic E-state index is -0.219. The van der Waals surface area contributed by atoms with Crippen LogP contribution in [0.4, 0.5) is 16.0 Å². The number of nitrogens with zero attached hydrogens (tertiary/aromatic N) is 2. The van der Waals surface area contributed by atoms with E-state index in [9.17, 15) is 4.39 Å². The molecular formula is C13H16FN5S. The number of aromatic nitrogens is 2. The lowest BCUT2D eigenvalue weighted by Gasteiger charge is -2.08. The Labute approximate surface area is 121 Å². The molecule has 1 aromatic carbocycles. The Balaban J connectivity index is 1.96. The van der Waals surface area contributed by atoms with Crippen LogP contribution in [-0.2, 0) is 6.42 Å². The van der Waals surface area contributed by atoms with Crippen LogP contribution in [0.2, 0.25) is 0 Å². The van der Waals surface area contributed by atoms with Crippen molar-refractivity contribution in [1.29, 1.82) is 0 Å². The number of rotatable bonds is 6. The minimum absolute atomic E-state index is 0.219. The number of thioether (sulfide) groups is 1. The maximum atomic E-state index is 13.0. The average Bonchev–Trinajstić information content (AvgIpc) is 2.47. The molecule has 0 aliphatic carbocycles. The van der Waals surface area contributed by atoms with Crippen LogP contribution in [0.3, 0.4) is 0 Å². The molecule has 0 aliphatic rings. The zero-order valence-corrected chi connectivity index (χ0v) is 11.9. The molecule has 2 aromatic rings. The topological polar surface area (TPSA) is 75.9 Å². The van der Waals surface area contributed by atoms with Crippen molar-refractivity contribution < 1.29 is 4.39 Å². The lowest BCUT2D eigenvalue weighted by atomic mass is 10.1. The van der Waals surface area contributed by atoms with Gasteiger partial charge in [0.25, 0.3) is 0 Å². The first-order valence-electron chi connectivity index (χ1n) is 6.09. The molecule has 0 radical (unpaired) electrons. The Kier molecular flexibility index (Phi) is 5.14. The molecule has 0 amide bonds. The van der Waals surface area contributed by atoms with Gasteiger partial charge in [0.05, 0.1) is 0 Å². The standard InChI is InChI=1S/C13H16FN5S/c1-20-13-17-11(8-12(18-13)19-15)16-6-5-9-3-2-4-10(14)7-9/h2-4,7-8H,5-6,15H2,1H3,(H2,16,17,18,19). The first-order chi connectivity index (χ1) is 9.71. The fraction of sp³-hybridized carbons (Fsp3) is 0.231. The van der Waals surface area contributed by atoms with E-state index in [1.807, 2.05) is 12.3 Å². The summed E-state index contributed by atoms with van der Waals surface area (Å²) >= 11 is 1.44. The highest BCUT2D eigenvalue weighted by Crippen LogP contribution is 2.16. The van der Waals surface area contributed by atoms with Crippen LogP contribution in [0.15, 0.2) is 35.5 Å². The van der Waals surface area contributed by atoms with Crippen molar-refractivity contribution >= 4 is 23.4 Å². The molecule has 4 N–H and O–H groups in total. The molecule has 1 heterocycles. The minimum Gasteiger partial charge on any atom is -0.370 e. The van der Waals surface area contributed by atoms with Gasteiger partial charge in [0.2, 0.25) is 0 Å². The number of nitrogen functional groups attached to an aromatic ring is 1. The van der Waals surface area contributed by atoms with E-state index in [0.29, 0.717) is 29.8 Å². The van der Waals surface area contributed by atoms with E-state index in [1.54, 1.807) is 12.1 Å². The number of benzene rings is 1. The monoisotopic (exact) mass is 293 g/mol. The highest BCUT2D eigenvalue weighted by molar-refractivity contribution is 7.98. The van der Waals surface area contributed by atoms with Crippen molar-refractivity contribution in [1.82, 2.24) is 9.97 Å². The summed E-state index contributed by atoms with van der Waals surface area (Å²) in [5, 5.41) is 3.81. The van der Waals surface area contributed by atoms with Gasteiger partial charge in [0.15, 0.2) is 5.16 Å². The summed E-state index contributed by atoms with van der Waals surface area (Å²) < 4.78 is 13.0. The van der Waals surface area contributed by atoms with E-state index < -0.39 is 0 Å². The van der Waals surface area contributed by atoms with Crippen LogP contribution < -0.4 is 16.6 Å². The highest BCUT2D eigenvalue weighted by Gasteiger charge is 2.03. The Morgan fingerprint density at radius 1 is 1.25 bits per heavy atom. The van der Waals surface area contributed by atoms with Gasteiger partial charge >= 0.3 is 0 Å². The van der Waals surface area contributed by atoms with Crippen molar-refractivity contribution in [2.45, 2.75) is 11.6 Å². The summed E-state index contributed by atoms with van der Waals surface area (Å²) in [6.45, 7) is 0.651. The van der Waals surface area contributed by atoms with Gasteiger partial charge in [-0.25, -0.2) is 20.2 Å². The largest absolute Gasteiger partial charge is 0.370 e. The predicted octanol–water partition coefficient (Wildman–Crippen LogP) is 2.28. The third kappa shape index (κ3) is 4.07. The molecule has 5 nitrogen and oxygen atoms in total. The molecule has 0 aliphatic heterocycles. The maximum Gasteiger partial charge on any atom is 0.191 e. The number of nitrogens with one attached hydrogen (secondary N) is 2. The lowest BCUT2D eigenvalue weighted by molar-refractivity contribution is 0.625. The van der Waals surface area contributed by atoms with Gasteiger partial charge in [-0.1, -0.05) is 23.9 Å². The van der Waals surface area contributed by atoms with Crippen LogP contribution >= 0.6 is 11.8 Å². The molecule has 0 bridgehead atoms. The molecule has 0 fully saturated rings. The fourth-order valence-corrected chi connectivity index (χ4v) is 2.09. The quantitative estimate of drug-likeness (QED) is 0.328. The second-order valence-corrected chi connectivity index (χ2v) is 4.85. The number of anilines is 2. The Hall–Kier alpha value is -1.86. The van der Waals surface area contributed by atoms with Gasteiger partial charge in [0, 0.05) is 12.6 Å².